The van der Waals surface area contributed by atoms with E-state index >= 15 is 0 Å². The molecule has 1 aliphatic heterocycles. The Kier molecular flexibility index (Phi) is 4.50. The lowest BCUT2D eigenvalue weighted by Crippen LogP contribution is -2.37. The molecule has 1 aromatic heterocycles. The molecule has 1 atom stereocenters. The van der Waals surface area contributed by atoms with Crippen LogP contribution in [0.3, 0.4) is 0 Å². The lowest BCUT2D eigenvalue weighted by Gasteiger charge is -2.31. The van der Waals surface area contributed by atoms with E-state index < -0.39 is 5.91 Å². The van der Waals surface area contributed by atoms with Gasteiger partial charge in [-0.3, -0.25) is 9.69 Å². The van der Waals surface area contributed by atoms with Crippen molar-refractivity contribution < 1.29 is 9.53 Å². The van der Waals surface area contributed by atoms with E-state index in [1.54, 1.807) is 6.20 Å². The Bertz CT molecular complexity index is 692. The van der Waals surface area contributed by atoms with Gasteiger partial charge >= 0.3 is 0 Å². The first-order valence-corrected chi connectivity index (χ1v) is 7.42. The molecule has 1 fully saturated rings. The lowest BCUT2D eigenvalue weighted by atomic mass is 10.1. The number of carbonyl (C=O) groups excluding carboxylic acids is 1. The van der Waals surface area contributed by atoms with Gasteiger partial charge in [0.1, 0.15) is 0 Å². The summed E-state index contributed by atoms with van der Waals surface area (Å²) >= 11 is 0. The van der Waals surface area contributed by atoms with Gasteiger partial charge < -0.3 is 15.8 Å². The minimum atomic E-state index is -0.615. The number of ether oxygens (including phenoxy) is 1. The van der Waals surface area contributed by atoms with Crippen molar-refractivity contribution in [2.45, 2.75) is 6.04 Å². The van der Waals surface area contributed by atoms with Gasteiger partial charge in [0.05, 0.1) is 31.1 Å². The molecule has 0 unspecified atom stereocenters. The molecule has 3 rings (SSSR count). The van der Waals surface area contributed by atoms with Crippen molar-refractivity contribution in [3.63, 3.8) is 0 Å². The van der Waals surface area contributed by atoms with Gasteiger partial charge in [-0.15, -0.1) is 0 Å². The predicted octanol–water partition coefficient (Wildman–Crippen LogP) is 1.32. The van der Waals surface area contributed by atoms with Gasteiger partial charge in [0.15, 0.2) is 11.5 Å². The summed E-state index contributed by atoms with van der Waals surface area (Å²) in [6.07, 6.45) is 1.59. The summed E-state index contributed by atoms with van der Waals surface area (Å²) < 4.78 is 5.52. The van der Waals surface area contributed by atoms with Crippen LogP contribution in [0.25, 0.3) is 0 Å². The quantitative estimate of drug-likeness (QED) is 0.884. The van der Waals surface area contributed by atoms with Gasteiger partial charge in [0.25, 0.3) is 5.91 Å². The van der Waals surface area contributed by atoms with Crippen LogP contribution in [0.2, 0.25) is 0 Å². The van der Waals surface area contributed by atoms with E-state index in [2.05, 4.69) is 20.2 Å². The molecule has 0 aliphatic carbocycles. The molecule has 3 N–H and O–H groups in total. The third kappa shape index (κ3) is 3.46. The van der Waals surface area contributed by atoms with Gasteiger partial charge in [-0.2, -0.15) is 0 Å². The van der Waals surface area contributed by atoms with Gasteiger partial charge in [-0.05, 0) is 19.2 Å². The number of benzene rings is 1. The number of likely N-dealkylation sites (N-methyl/N-ethyl adjacent to an activating group) is 1. The van der Waals surface area contributed by atoms with Crippen LogP contribution in [-0.4, -0.2) is 47.6 Å². The zero-order chi connectivity index (χ0) is 16.2. The average Bonchev–Trinajstić information content (AvgIpc) is 2.56. The molecule has 0 bridgehead atoms. The van der Waals surface area contributed by atoms with E-state index in [0.717, 1.165) is 17.9 Å². The maximum Gasteiger partial charge on any atom is 0.271 e. The highest BCUT2D eigenvalue weighted by Crippen LogP contribution is 2.24. The predicted molar refractivity (Wildman–Crippen MR) is 86.5 cm³/mol. The Morgan fingerprint density at radius 3 is 2.87 bits per heavy atom. The number of amides is 1. The minimum absolute atomic E-state index is 0.00880. The van der Waals surface area contributed by atoms with Crippen LogP contribution in [0.15, 0.2) is 36.5 Å². The minimum Gasteiger partial charge on any atom is -0.378 e. The molecular weight excluding hydrogens is 294 g/mol. The first-order chi connectivity index (χ1) is 11.1. The number of carbonyl (C=O) groups is 1. The number of aromatic nitrogens is 2. The fourth-order valence-electron chi connectivity index (χ4n) is 2.49. The van der Waals surface area contributed by atoms with Crippen molar-refractivity contribution in [2.75, 3.05) is 32.1 Å². The number of nitrogens with two attached hydrogens (primary N) is 1. The molecule has 7 heteroatoms. The van der Waals surface area contributed by atoms with E-state index in [4.69, 9.17) is 10.5 Å². The number of primary amides is 1. The molecule has 0 radical (unpaired) electrons. The zero-order valence-electron chi connectivity index (χ0n) is 12.9. The fraction of sp³-hybridized carbons (Fsp3) is 0.312. The summed E-state index contributed by atoms with van der Waals surface area (Å²) in [6.45, 7) is 2.08. The van der Waals surface area contributed by atoms with Crippen molar-refractivity contribution in [3.8, 4) is 0 Å². The van der Waals surface area contributed by atoms with E-state index in [1.165, 1.54) is 0 Å². The van der Waals surface area contributed by atoms with Gasteiger partial charge in [0.2, 0.25) is 0 Å². The number of anilines is 2. The molecule has 120 valence electrons. The van der Waals surface area contributed by atoms with Crippen LogP contribution in [-0.2, 0) is 4.74 Å². The number of rotatable bonds is 4. The first-order valence-electron chi connectivity index (χ1n) is 7.42. The second-order valence-electron chi connectivity index (χ2n) is 5.42. The summed E-state index contributed by atoms with van der Waals surface area (Å²) in [6, 6.07) is 9.48. The number of hydrogen-bond donors (Lipinski definition) is 2. The maximum atomic E-state index is 11.6. The van der Waals surface area contributed by atoms with Crippen LogP contribution < -0.4 is 11.1 Å². The zero-order valence-corrected chi connectivity index (χ0v) is 12.9. The molecule has 7 nitrogen and oxygen atoms in total. The number of nitrogens with one attached hydrogen (secondary N) is 1. The Morgan fingerprint density at radius 1 is 1.39 bits per heavy atom. The van der Waals surface area contributed by atoms with Crippen molar-refractivity contribution in [3.05, 3.63) is 47.9 Å². The van der Waals surface area contributed by atoms with E-state index in [0.29, 0.717) is 19.0 Å². The van der Waals surface area contributed by atoms with Crippen molar-refractivity contribution in [1.29, 1.82) is 0 Å². The first kappa shape index (κ1) is 15.4. The largest absolute Gasteiger partial charge is 0.378 e. The van der Waals surface area contributed by atoms with Crippen molar-refractivity contribution >= 4 is 17.4 Å². The smallest absolute Gasteiger partial charge is 0.271 e. The molecule has 0 spiro atoms. The molecule has 1 aromatic carbocycles. The lowest BCUT2D eigenvalue weighted by molar-refractivity contribution is 0.00342. The topological polar surface area (TPSA) is 93.4 Å². The molecule has 2 heterocycles. The molecule has 1 aliphatic rings. The van der Waals surface area contributed by atoms with Crippen molar-refractivity contribution in [1.82, 2.24) is 14.9 Å². The molecule has 0 saturated carbocycles. The number of hydrogen-bond acceptors (Lipinski definition) is 6. The molecule has 23 heavy (non-hydrogen) atoms. The Morgan fingerprint density at radius 2 is 2.17 bits per heavy atom. The summed E-state index contributed by atoms with van der Waals surface area (Å²) in [5, 5.41) is 3.11. The molecule has 2 aromatic rings. The monoisotopic (exact) mass is 313 g/mol. The van der Waals surface area contributed by atoms with Gasteiger partial charge in [-0.25, -0.2) is 9.97 Å². The van der Waals surface area contributed by atoms with Crippen LogP contribution in [0.1, 0.15) is 22.2 Å². The second-order valence-corrected chi connectivity index (χ2v) is 5.42. The highest BCUT2D eigenvalue weighted by molar-refractivity contribution is 5.96. The highest BCUT2D eigenvalue weighted by atomic mass is 16.5. The van der Waals surface area contributed by atoms with E-state index in [9.17, 15) is 4.79 Å². The van der Waals surface area contributed by atoms with E-state index in [-0.39, 0.29) is 11.7 Å². The van der Waals surface area contributed by atoms with Crippen LogP contribution >= 0.6 is 0 Å². The van der Waals surface area contributed by atoms with Gasteiger partial charge in [0, 0.05) is 12.2 Å². The molecule has 1 amide bonds. The third-order valence-electron chi connectivity index (χ3n) is 3.80. The molecule has 1 saturated heterocycles. The summed E-state index contributed by atoms with van der Waals surface area (Å²) in [7, 11) is 2.02. The fourth-order valence-corrected chi connectivity index (χ4v) is 2.49. The highest BCUT2D eigenvalue weighted by Gasteiger charge is 2.24. The van der Waals surface area contributed by atoms with Crippen LogP contribution in [0.5, 0.6) is 0 Å². The maximum absolute atomic E-state index is 11.6. The average molecular weight is 313 g/mol. The number of nitrogens with zero attached hydrogens (tertiary/aromatic N) is 3. The normalized spacial score (nSPS) is 18.6. The summed E-state index contributed by atoms with van der Waals surface area (Å²) in [5.74, 6) is -0.254. The van der Waals surface area contributed by atoms with Crippen molar-refractivity contribution in [2.24, 2.45) is 5.73 Å². The number of morpholine rings is 1. The second kappa shape index (κ2) is 6.72. The third-order valence-corrected chi connectivity index (χ3v) is 3.80. The van der Waals surface area contributed by atoms with Crippen LogP contribution in [0.4, 0.5) is 11.5 Å². The summed E-state index contributed by atoms with van der Waals surface area (Å²) in [5.41, 5.74) is 7.09. The Hall–Kier alpha value is -2.51. The van der Waals surface area contributed by atoms with Crippen LogP contribution in [0, 0.1) is 0 Å². The SMILES string of the molecule is CN1CCOC[C@H]1c1cnc(C(N)=O)c(Nc2ccccc2)n1. The van der Waals surface area contributed by atoms with Gasteiger partial charge in [-0.1, -0.05) is 18.2 Å². The Labute approximate surface area is 134 Å². The summed E-state index contributed by atoms with van der Waals surface area (Å²) in [4.78, 5) is 22.5. The number of para-hydroxylation sites is 1. The van der Waals surface area contributed by atoms with E-state index in [1.807, 2.05) is 37.4 Å². The molecular formula is C16H19N5O2. The Balaban J connectivity index is 1.94. The standard InChI is InChI=1S/C16H19N5O2/c1-21-7-8-23-10-13(21)12-9-18-14(15(17)22)16(20-12)19-11-5-3-2-4-6-11/h2-6,9,13H,7-8,10H2,1H3,(H2,17,22)(H,19,20)/t13-/m0/s1.